The number of rotatable bonds is 10. The molecule has 1 saturated carbocycles. The highest BCUT2D eigenvalue weighted by Crippen LogP contribution is 2.44. The quantitative estimate of drug-likeness (QED) is 0.202. The van der Waals surface area contributed by atoms with Gasteiger partial charge in [0.15, 0.2) is 11.6 Å². The summed E-state index contributed by atoms with van der Waals surface area (Å²) in [6.07, 6.45) is 2.57. The number of methoxy groups -OCH3 is 2. The third-order valence-corrected chi connectivity index (χ3v) is 10.5. The van der Waals surface area contributed by atoms with Crippen LogP contribution in [0, 0.1) is 11.7 Å². The van der Waals surface area contributed by atoms with Crippen LogP contribution in [-0.2, 0) is 19.1 Å². The minimum Gasteiger partial charge on any atom is -0.494 e. The van der Waals surface area contributed by atoms with Crippen molar-refractivity contribution in [3.63, 3.8) is 0 Å². The predicted octanol–water partition coefficient (Wildman–Crippen LogP) is 7.51. The Kier molecular flexibility index (Phi) is 10.7. The van der Waals surface area contributed by atoms with E-state index in [9.17, 15) is 18.8 Å². The summed E-state index contributed by atoms with van der Waals surface area (Å²) in [4.78, 5) is 47.8. The molecule has 2 aliphatic heterocycles. The lowest BCUT2D eigenvalue weighted by molar-refractivity contribution is -0.124. The van der Waals surface area contributed by atoms with E-state index < -0.39 is 23.4 Å². The molecule has 9 nitrogen and oxygen atoms in total. The molecule has 0 bridgehead atoms. The second kappa shape index (κ2) is 15.0. The monoisotopic (exact) mass is 703 g/mol. The van der Waals surface area contributed by atoms with E-state index in [-0.39, 0.29) is 36.1 Å². The van der Waals surface area contributed by atoms with E-state index in [1.54, 1.807) is 18.1 Å². The SMILES string of the molecule is COCCCN1C(=O)CSc2ccc(N(C(=O)[C@H]3CN(C(=O)OC(C)(C)C)CC[C@@H]3c3cccc(-c4ccc(OC)c(F)c4)c3)C3CC3)cc21. The molecule has 3 aromatic carbocycles. The molecule has 2 fully saturated rings. The molecule has 3 aromatic rings. The van der Waals surface area contributed by atoms with Crippen LogP contribution in [0.25, 0.3) is 11.1 Å². The van der Waals surface area contributed by atoms with Crippen LogP contribution in [0.15, 0.2) is 65.6 Å². The van der Waals surface area contributed by atoms with Gasteiger partial charge in [-0.15, -0.1) is 11.8 Å². The number of nitrogens with zero attached hydrogens (tertiary/aromatic N) is 3. The number of fused-ring (bicyclic) bond motifs is 1. The second-order valence-electron chi connectivity index (χ2n) is 14.2. The van der Waals surface area contributed by atoms with Crippen LogP contribution >= 0.6 is 11.8 Å². The van der Waals surface area contributed by atoms with Gasteiger partial charge in [-0.05, 0) is 99.4 Å². The summed E-state index contributed by atoms with van der Waals surface area (Å²) < 4.78 is 30.8. The Morgan fingerprint density at radius 2 is 1.78 bits per heavy atom. The first kappa shape index (κ1) is 35.7. The summed E-state index contributed by atoms with van der Waals surface area (Å²) in [6, 6.07) is 18.8. The van der Waals surface area contributed by atoms with Gasteiger partial charge in [0.25, 0.3) is 0 Å². The van der Waals surface area contributed by atoms with Gasteiger partial charge in [0.2, 0.25) is 11.8 Å². The summed E-state index contributed by atoms with van der Waals surface area (Å²) in [5, 5.41) is 0. The number of benzene rings is 3. The van der Waals surface area contributed by atoms with E-state index in [1.807, 2.05) is 79.1 Å². The van der Waals surface area contributed by atoms with Crippen molar-refractivity contribution in [2.75, 3.05) is 56.0 Å². The van der Waals surface area contributed by atoms with E-state index in [1.165, 1.54) is 24.9 Å². The van der Waals surface area contributed by atoms with Gasteiger partial charge in [-0.2, -0.15) is 0 Å². The zero-order chi connectivity index (χ0) is 35.6. The molecule has 0 aromatic heterocycles. The Balaban J connectivity index is 1.35. The third kappa shape index (κ3) is 7.94. The van der Waals surface area contributed by atoms with Gasteiger partial charge in [0.1, 0.15) is 5.60 Å². The van der Waals surface area contributed by atoms with Gasteiger partial charge in [-0.25, -0.2) is 9.18 Å². The molecule has 0 N–H and O–H groups in total. The molecule has 0 radical (unpaired) electrons. The van der Waals surface area contributed by atoms with Crippen LogP contribution < -0.4 is 14.5 Å². The fourth-order valence-corrected chi connectivity index (χ4v) is 7.79. The number of carbonyl (C=O) groups excluding carboxylic acids is 3. The Morgan fingerprint density at radius 1 is 1.00 bits per heavy atom. The Morgan fingerprint density at radius 3 is 2.48 bits per heavy atom. The summed E-state index contributed by atoms with van der Waals surface area (Å²) in [5.41, 5.74) is 3.37. The summed E-state index contributed by atoms with van der Waals surface area (Å²) in [5.74, 6) is -0.693. The number of likely N-dealkylation sites (tertiary alicyclic amines) is 1. The lowest BCUT2D eigenvalue weighted by atomic mass is 9.78. The first-order chi connectivity index (χ1) is 24.0. The zero-order valence-electron chi connectivity index (χ0n) is 29.4. The topological polar surface area (TPSA) is 88.6 Å². The maximum atomic E-state index is 15.0. The molecule has 11 heteroatoms. The number of hydrogen-bond donors (Lipinski definition) is 0. The molecule has 3 amide bonds. The highest BCUT2D eigenvalue weighted by Gasteiger charge is 2.44. The van der Waals surface area contributed by atoms with Crippen LogP contribution in [-0.4, -0.2) is 80.7 Å². The standard InChI is InChI=1S/C39H46FN3O6S/c1-39(2,3)49-38(46)41-18-16-30(27-9-6-8-25(20-27)26-10-14-34(48-5)32(40)21-26)31(23-41)37(45)43(28-11-12-28)29-13-15-35-33(22-29)42(17-7-19-47-4)36(44)24-50-35/h6,8-10,13-15,20-22,28,30-31H,7,11-12,16-19,23-24H2,1-5H3/t30-,31+/m1/s1. The average molecular weight is 704 g/mol. The number of piperidine rings is 1. The minimum atomic E-state index is -0.677. The summed E-state index contributed by atoms with van der Waals surface area (Å²) in [6.45, 7) is 7.21. The van der Waals surface area contributed by atoms with Gasteiger partial charge in [-0.1, -0.05) is 30.3 Å². The van der Waals surface area contributed by atoms with E-state index in [0.29, 0.717) is 43.9 Å². The van der Waals surface area contributed by atoms with Crippen molar-refractivity contribution in [1.82, 2.24) is 4.90 Å². The zero-order valence-corrected chi connectivity index (χ0v) is 30.3. The van der Waals surface area contributed by atoms with Gasteiger partial charge >= 0.3 is 6.09 Å². The number of anilines is 2. The van der Waals surface area contributed by atoms with Crippen molar-refractivity contribution in [2.45, 2.75) is 68.9 Å². The first-order valence-corrected chi connectivity index (χ1v) is 18.3. The van der Waals surface area contributed by atoms with Crippen molar-refractivity contribution in [3.05, 3.63) is 72.0 Å². The van der Waals surface area contributed by atoms with Gasteiger partial charge in [0, 0.05) is 50.0 Å². The van der Waals surface area contributed by atoms with Gasteiger partial charge in [0.05, 0.1) is 24.5 Å². The molecule has 50 heavy (non-hydrogen) atoms. The highest BCUT2D eigenvalue weighted by atomic mass is 32.2. The number of carbonyl (C=O) groups is 3. The van der Waals surface area contributed by atoms with Crippen molar-refractivity contribution in [3.8, 4) is 16.9 Å². The van der Waals surface area contributed by atoms with Crippen molar-refractivity contribution < 1.29 is 33.0 Å². The molecule has 3 aliphatic rings. The van der Waals surface area contributed by atoms with Crippen molar-refractivity contribution in [2.24, 2.45) is 5.92 Å². The molecule has 1 saturated heterocycles. The molecule has 1 aliphatic carbocycles. The first-order valence-electron chi connectivity index (χ1n) is 17.3. The molecule has 0 spiro atoms. The number of ether oxygens (including phenoxy) is 3. The molecule has 2 heterocycles. The smallest absolute Gasteiger partial charge is 0.410 e. The lowest BCUT2D eigenvalue weighted by Gasteiger charge is -2.41. The van der Waals surface area contributed by atoms with E-state index in [0.717, 1.165) is 40.2 Å². The number of hydrogen-bond acceptors (Lipinski definition) is 7. The average Bonchev–Trinajstić information content (AvgIpc) is 3.93. The normalized spacial score (nSPS) is 19.2. The summed E-state index contributed by atoms with van der Waals surface area (Å²) in [7, 11) is 3.09. The van der Waals surface area contributed by atoms with Crippen molar-refractivity contribution in [1.29, 1.82) is 0 Å². The Bertz CT molecular complexity index is 1740. The molecule has 6 rings (SSSR count). The Hall–Kier alpha value is -4.09. The fourth-order valence-electron chi connectivity index (χ4n) is 6.87. The van der Waals surface area contributed by atoms with Gasteiger partial charge < -0.3 is 28.9 Å². The molecule has 266 valence electrons. The third-order valence-electron chi connectivity index (χ3n) is 9.42. The van der Waals surface area contributed by atoms with Crippen LogP contribution in [0.5, 0.6) is 5.75 Å². The summed E-state index contributed by atoms with van der Waals surface area (Å²) >= 11 is 1.51. The molecule has 0 unspecified atom stereocenters. The van der Waals surface area contributed by atoms with Crippen LogP contribution in [0.3, 0.4) is 0 Å². The minimum absolute atomic E-state index is 0.0283. The number of halogens is 1. The Labute approximate surface area is 298 Å². The van der Waals surface area contributed by atoms with E-state index in [2.05, 4.69) is 0 Å². The van der Waals surface area contributed by atoms with E-state index in [4.69, 9.17) is 14.2 Å². The molecule has 2 atom stereocenters. The molecular weight excluding hydrogens is 658 g/mol. The maximum Gasteiger partial charge on any atom is 0.410 e. The lowest BCUT2D eigenvalue weighted by Crippen LogP contribution is -2.51. The number of amides is 3. The van der Waals surface area contributed by atoms with Crippen LogP contribution in [0.1, 0.15) is 57.9 Å². The predicted molar refractivity (Wildman–Crippen MR) is 194 cm³/mol. The largest absolute Gasteiger partial charge is 0.494 e. The maximum absolute atomic E-state index is 15.0. The second-order valence-corrected chi connectivity index (χ2v) is 15.2. The highest BCUT2D eigenvalue weighted by molar-refractivity contribution is 8.00. The van der Waals surface area contributed by atoms with Crippen molar-refractivity contribution >= 4 is 41.0 Å². The number of thioether (sulfide) groups is 1. The van der Waals surface area contributed by atoms with E-state index >= 15 is 0 Å². The van der Waals surface area contributed by atoms with Crippen LogP contribution in [0.4, 0.5) is 20.6 Å². The molecular formula is C39H46FN3O6S. The fraction of sp³-hybridized carbons (Fsp3) is 0.462. The van der Waals surface area contributed by atoms with Crippen LogP contribution in [0.2, 0.25) is 0 Å². The van der Waals surface area contributed by atoms with Gasteiger partial charge in [-0.3, -0.25) is 9.59 Å².